The van der Waals surface area contributed by atoms with Crippen molar-refractivity contribution in [2.24, 2.45) is 0 Å². The lowest BCUT2D eigenvalue weighted by Crippen LogP contribution is -2.22. The van der Waals surface area contributed by atoms with Crippen LogP contribution >= 0.6 is 35.0 Å². The van der Waals surface area contributed by atoms with Crippen LogP contribution in [0.4, 0.5) is 10.1 Å². The zero-order valence-electron chi connectivity index (χ0n) is 11.8. The van der Waals surface area contributed by atoms with E-state index in [4.69, 9.17) is 23.2 Å². The molecule has 0 aliphatic rings. The van der Waals surface area contributed by atoms with Gasteiger partial charge in [-0.25, -0.2) is 4.39 Å². The van der Waals surface area contributed by atoms with E-state index in [1.807, 2.05) is 31.2 Å². The van der Waals surface area contributed by atoms with Crippen molar-refractivity contribution in [2.45, 2.75) is 17.9 Å². The summed E-state index contributed by atoms with van der Waals surface area (Å²) in [6.07, 6.45) is 0. The molecule has 0 aliphatic carbocycles. The van der Waals surface area contributed by atoms with E-state index in [-0.39, 0.29) is 16.2 Å². The van der Waals surface area contributed by atoms with E-state index >= 15 is 0 Å². The monoisotopic (exact) mass is 357 g/mol. The van der Waals surface area contributed by atoms with Crippen LogP contribution in [0.5, 0.6) is 0 Å². The van der Waals surface area contributed by atoms with Crippen LogP contribution in [-0.4, -0.2) is 11.2 Å². The van der Waals surface area contributed by atoms with Gasteiger partial charge in [0, 0.05) is 10.8 Å². The number of carbonyl (C=O) groups excluding carboxylic acids is 1. The Kier molecular flexibility index (Phi) is 6.12. The number of nitrogens with one attached hydrogen (secondary N) is 1. The molecule has 6 heteroatoms. The Labute approximate surface area is 143 Å². The number of hydrogen-bond donors (Lipinski definition) is 1. The summed E-state index contributed by atoms with van der Waals surface area (Å²) in [4.78, 5) is 12.1. The Hall–Kier alpha value is -1.23. The molecule has 1 atom stereocenters. The highest BCUT2D eigenvalue weighted by Gasteiger charge is 2.15. The highest BCUT2D eigenvalue weighted by Crippen LogP contribution is 2.25. The Morgan fingerprint density at radius 1 is 1.23 bits per heavy atom. The largest absolute Gasteiger partial charge is 0.324 e. The van der Waals surface area contributed by atoms with Gasteiger partial charge in [0.25, 0.3) is 0 Å². The number of hydrogen-bond acceptors (Lipinski definition) is 2. The summed E-state index contributed by atoms with van der Waals surface area (Å²) in [7, 11) is 0. The number of thioether (sulfide) groups is 1. The van der Waals surface area contributed by atoms with E-state index < -0.39 is 5.82 Å². The summed E-state index contributed by atoms with van der Waals surface area (Å²) >= 11 is 13.2. The van der Waals surface area contributed by atoms with Gasteiger partial charge in [-0.1, -0.05) is 35.3 Å². The zero-order valence-corrected chi connectivity index (χ0v) is 14.1. The molecule has 0 aliphatic heterocycles. The predicted octanol–water partition coefficient (Wildman–Crippen LogP) is 5.39. The zero-order chi connectivity index (χ0) is 16.1. The maximum Gasteiger partial charge on any atom is 0.237 e. The molecule has 2 rings (SSSR count). The molecule has 116 valence electrons. The molecule has 0 fully saturated rings. The summed E-state index contributed by atoms with van der Waals surface area (Å²) in [5.41, 5.74) is 1.50. The maximum absolute atomic E-state index is 13.0. The fourth-order valence-corrected chi connectivity index (χ4v) is 2.89. The van der Waals surface area contributed by atoms with Gasteiger partial charge in [0.1, 0.15) is 5.82 Å². The van der Waals surface area contributed by atoms with Gasteiger partial charge >= 0.3 is 0 Å². The van der Waals surface area contributed by atoms with Crippen LogP contribution < -0.4 is 5.32 Å². The average Bonchev–Trinajstić information content (AvgIpc) is 2.49. The quantitative estimate of drug-likeness (QED) is 0.776. The summed E-state index contributed by atoms with van der Waals surface area (Å²) in [5.74, 6) is 0.0868. The van der Waals surface area contributed by atoms with Crippen molar-refractivity contribution in [3.63, 3.8) is 0 Å². The van der Waals surface area contributed by atoms with Gasteiger partial charge < -0.3 is 5.32 Å². The van der Waals surface area contributed by atoms with Crippen LogP contribution in [0.1, 0.15) is 12.5 Å². The van der Waals surface area contributed by atoms with Crippen LogP contribution in [-0.2, 0) is 10.5 Å². The third kappa shape index (κ3) is 4.90. The topological polar surface area (TPSA) is 29.1 Å². The van der Waals surface area contributed by atoms with Crippen LogP contribution in [0.15, 0.2) is 42.5 Å². The predicted molar refractivity (Wildman–Crippen MR) is 92.2 cm³/mol. The SMILES string of the molecule is C[C@H](SCc1ccc(Cl)cc1)C(=O)Nc1ccc(F)cc1Cl. The van der Waals surface area contributed by atoms with Crippen LogP contribution in [0.25, 0.3) is 0 Å². The van der Waals surface area contributed by atoms with Gasteiger partial charge in [-0.2, -0.15) is 0 Å². The minimum Gasteiger partial charge on any atom is -0.324 e. The number of benzene rings is 2. The maximum atomic E-state index is 13.0. The molecule has 0 bridgehead atoms. The third-order valence-corrected chi connectivity index (χ3v) is 4.75. The fourth-order valence-electron chi connectivity index (χ4n) is 1.70. The lowest BCUT2D eigenvalue weighted by atomic mass is 10.2. The highest BCUT2D eigenvalue weighted by molar-refractivity contribution is 7.99. The number of amides is 1. The van der Waals surface area contributed by atoms with Crippen molar-refractivity contribution in [1.29, 1.82) is 0 Å². The van der Waals surface area contributed by atoms with E-state index in [2.05, 4.69) is 5.32 Å². The Bertz CT molecular complexity index is 664. The average molecular weight is 358 g/mol. The molecule has 22 heavy (non-hydrogen) atoms. The van der Waals surface area contributed by atoms with Crippen LogP contribution in [0.2, 0.25) is 10.0 Å². The molecule has 0 aromatic heterocycles. The molecule has 2 nitrogen and oxygen atoms in total. The van der Waals surface area contributed by atoms with Gasteiger partial charge in [0.2, 0.25) is 5.91 Å². The minimum atomic E-state index is -0.437. The fraction of sp³-hybridized carbons (Fsp3) is 0.188. The minimum absolute atomic E-state index is 0.174. The summed E-state index contributed by atoms with van der Waals surface area (Å²) in [5, 5.41) is 3.31. The molecule has 0 heterocycles. The molecule has 0 radical (unpaired) electrons. The van der Waals surface area contributed by atoms with E-state index in [0.29, 0.717) is 16.5 Å². The first kappa shape index (κ1) is 17.1. The first-order chi connectivity index (χ1) is 10.5. The number of rotatable bonds is 5. The second kappa shape index (κ2) is 7.86. The van der Waals surface area contributed by atoms with Gasteiger partial charge in [0.15, 0.2) is 0 Å². The van der Waals surface area contributed by atoms with Crippen LogP contribution in [0.3, 0.4) is 0 Å². The van der Waals surface area contributed by atoms with Crippen LogP contribution in [0, 0.1) is 5.82 Å². The number of halogens is 3. The molecule has 1 amide bonds. The molecule has 0 saturated heterocycles. The van der Waals surface area contributed by atoms with E-state index in [9.17, 15) is 9.18 Å². The van der Waals surface area contributed by atoms with Gasteiger partial charge in [-0.3, -0.25) is 4.79 Å². The molecule has 0 saturated carbocycles. The standard InChI is InChI=1S/C16H14Cl2FNOS/c1-10(22-9-11-2-4-12(17)5-3-11)16(21)20-15-7-6-13(19)8-14(15)18/h2-8,10H,9H2,1H3,(H,20,21)/t10-/m0/s1. The second-order valence-corrected chi connectivity index (χ2v) is 6.87. The molecule has 0 unspecified atom stereocenters. The van der Waals surface area contributed by atoms with Crippen molar-refractivity contribution < 1.29 is 9.18 Å². The smallest absolute Gasteiger partial charge is 0.237 e. The Morgan fingerprint density at radius 3 is 2.55 bits per heavy atom. The molecular weight excluding hydrogens is 344 g/mol. The van der Waals surface area contributed by atoms with Crippen molar-refractivity contribution in [2.75, 3.05) is 5.32 Å². The first-order valence-electron chi connectivity index (χ1n) is 6.57. The van der Waals surface area contributed by atoms with Crippen molar-refractivity contribution >= 4 is 46.6 Å². The van der Waals surface area contributed by atoms with E-state index in [1.165, 1.54) is 30.0 Å². The van der Waals surface area contributed by atoms with Gasteiger partial charge in [-0.15, -0.1) is 11.8 Å². The van der Waals surface area contributed by atoms with Crippen molar-refractivity contribution in [1.82, 2.24) is 0 Å². The normalized spacial score (nSPS) is 12.0. The van der Waals surface area contributed by atoms with Crippen molar-refractivity contribution in [3.05, 3.63) is 63.9 Å². The molecular formula is C16H14Cl2FNOS. The lowest BCUT2D eigenvalue weighted by Gasteiger charge is -2.13. The molecule has 0 spiro atoms. The Balaban J connectivity index is 1.90. The summed E-state index contributed by atoms with van der Waals surface area (Å²) < 4.78 is 13.0. The van der Waals surface area contributed by atoms with E-state index in [0.717, 1.165) is 5.56 Å². The molecule has 1 N–H and O–H groups in total. The summed E-state index contributed by atoms with van der Waals surface area (Å²) in [6.45, 7) is 1.81. The lowest BCUT2D eigenvalue weighted by molar-refractivity contribution is -0.115. The highest BCUT2D eigenvalue weighted by atomic mass is 35.5. The summed E-state index contributed by atoms with van der Waals surface area (Å²) in [6, 6.07) is 11.4. The Morgan fingerprint density at radius 2 is 1.91 bits per heavy atom. The van der Waals surface area contributed by atoms with Gasteiger partial charge in [-0.05, 0) is 42.8 Å². The first-order valence-corrected chi connectivity index (χ1v) is 8.38. The van der Waals surface area contributed by atoms with E-state index in [1.54, 1.807) is 0 Å². The third-order valence-electron chi connectivity index (χ3n) is 2.97. The number of anilines is 1. The molecule has 2 aromatic rings. The number of carbonyl (C=O) groups is 1. The van der Waals surface area contributed by atoms with Gasteiger partial charge in [0.05, 0.1) is 16.0 Å². The molecule has 2 aromatic carbocycles. The van der Waals surface area contributed by atoms with Crippen molar-refractivity contribution in [3.8, 4) is 0 Å². The second-order valence-electron chi connectivity index (χ2n) is 4.69.